The van der Waals surface area contributed by atoms with E-state index in [4.69, 9.17) is 9.47 Å². The van der Waals surface area contributed by atoms with Gasteiger partial charge in [-0.15, -0.1) is 0 Å². The molecule has 1 fully saturated rings. The highest BCUT2D eigenvalue weighted by Gasteiger charge is 2.49. The minimum absolute atomic E-state index is 0.277. The van der Waals surface area contributed by atoms with E-state index >= 15 is 0 Å². The first-order valence-corrected chi connectivity index (χ1v) is 5.18. The van der Waals surface area contributed by atoms with Crippen molar-refractivity contribution in [2.24, 2.45) is 0 Å². The summed E-state index contributed by atoms with van der Waals surface area (Å²) in [7, 11) is 0. The summed E-state index contributed by atoms with van der Waals surface area (Å²) in [5, 5.41) is 0. The number of aromatic nitrogens is 1. The molecule has 0 unspecified atom stereocenters. The van der Waals surface area contributed by atoms with Crippen molar-refractivity contribution in [3.05, 3.63) is 30.1 Å². The summed E-state index contributed by atoms with van der Waals surface area (Å²) in [6.07, 6.45) is 3.22. The average Bonchev–Trinajstić information content (AvgIpc) is 2.38. The predicted molar refractivity (Wildman–Crippen MR) is 57.3 cm³/mol. The summed E-state index contributed by atoms with van der Waals surface area (Å²) in [6.45, 7) is 8.20. The molecule has 2 heterocycles. The Kier molecular flexibility index (Phi) is 2.32. The van der Waals surface area contributed by atoms with Crippen molar-refractivity contribution in [3.63, 3.8) is 0 Å². The minimum Gasteiger partial charge on any atom is -0.339 e. The third-order valence-electron chi connectivity index (χ3n) is 3.23. The van der Waals surface area contributed by atoms with Gasteiger partial charge in [0.15, 0.2) is 6.29 Å². The summed E-state index contributed by atoms with van der Waals surface area (Å²) >= 11 is 0. The van der Waals surface area contributed by atoms with E-state index in [1.165, 1.54) is 0 Å². The zero-order valence-electron chi connectivity index (χ0n) is 9.65. The van der Waals surface area contributed by atoms with Crippen LogP contribution in [0, 0.1) is 0 Å². The molecule has 0 amide bonds. The van der Waals surface area contributed by atoms with Crippen LogP contribution in [-0.2, 0) is 9.47 Å². The molecule has 0 aromatic carbocycles. The smallest absolute Gasteiger partial charge is 0.185 e. The molecule has 0 atom stereocenters. The Morgan fingerprint density at radius 1 is 1.00 bits per heavy atom. The van der Waals surface area contributed by atoms with Gasteiger partial charge in [0, 0.05) is 18.0 Å². The molecule has 0 radical (unpaired) electrons. The van der Waals surface area contributed by atoms with Gasteiger partial charge in [0.25, 0.3) is 0 Å². The van der Waals surface area contributed by atoms with Gasteiger partial charge in [-0.1, -0.05) is 0 Å². The normalized spacial score (nSPS) is 24.3. The standard InChI is InChI=1S/C12H17NO2/c1-11(2)12(3,4)15-10(14-11)9-5-7-13-8-6-9/h5-8,10H,1-4H3. The molecule has 0 spiro atoms. The second kappa shape index (κ2) is 3.29. The van der Waals surface area contributed by atoms with Gasteiger partial charge in [0.2, 0.25) is 0 Å². The van der Waals surface area contributed by atoms with Crippen molar-refractivity contribution in [2.75, 3.05) is 0 Å². The summed E-state index contributed by atoms with van der Waals surface area (Å²) < 4.78 is 11.8. The topological polar surface area (TPSA) is 31.4 Å². The van der Waals surface area contributed by atoms with Gasteiger partial charge in [-0.3, -0.25) is 4.98 Å². The maximum absolute atomic E-state index is 5.90. The summed E-state index contributed by atoms with van der Waals surface area (Å²) in [4.78, 5) is 3.98. The molecule has 0 N–H and O–H groups in total. The molecule has 15 heavy (non-hydrogen) atoms. The van der Waals surface area contributed by atoms with Crippen molar-refractivity contribution in [2.45, 2.75) is 45.2 Å². The molecule has 1 aliphatic rings. The molecule has 82 valence electrons. The van der Waals surface area contributed by atoms with Gasteiger partial charge in [-0.2, -0.15) is 0 Å². The molecule has 2 rings (SSSR count). The lowest BCUT2D eigenvalue weighted by molar-refractivity contribution is -0.0896. The summed E-state index contributed by atoms with van der Waals surface area (Å²) in [5.74, 6) is 0. The minimum atomic E-state index is -0.280. The first kappa shape index (κ1) is 10.6. The molecule has 0 aliphatic carbocycles. The Hall–Kier alpha value is -0.930. The van der Waals surface area contributed by atoms with Crippen molar-refractivity contribution in [1.82, 2.24) is 4.98 Å². The maximum atomic E-state index is 5.90. The van der Waals surface area contributed by atoms with Crippen LogP contribution in [0.15, 0.2) is 24.5 Å². The lowest BCUT2D eigenvalue weighted by atomic mass is 9.90. The van der Waals surface area contributed by atoms with Crippen LogP contribution in [0.1, 0.15) is 39.5 Å². The van der Waals surface area contributed by atoms with E-state index in [2.05, 4.69) is 4.98 Å². The number of hydrogen-bond acceptors (Lipinski definition) is 3. The fourth-order valence-corrected chi connectivity index (χ4v) is 1.50. The molecule has 1 aromatic rings. The molecule has 3 heteroatoms. The van der Waals surface area contributed by atoms with Crippen molar-refractivity contribution >= 4 is 0 Å². The zero-order chi connectivity index (χ0) is 11.1. The lowest BCUT2D eigenvalue weighted by Gasteiger charge is -2.30. The van der Waals surface area contributed by atoms with Crippen LogP contribution in [0.2, 0.25) is 0 Å². The fourth-order valence-electron chi connectivity index (χ4n) is 1.50. The molecular formula is C12H17NO2. The number of rotatable bonds is 1. The SMILES string of the molecule is CC1(C)OC(c2ccncc2)OC1(C)C. The Bertz CT molecular complexity index is 330. The number of ether oxygens (including phenoxy) is 2. The van der Waals surface area contributed by atoms with Gasteiger partial charge in [-0.05, 0) is 39.8 Å². The summed E-state index contributed by atoms with van der Waals surface area (Å²) in [6, 6.07) is 3.84. The highest BCUT2D eigenvalue weighted by atomic mass is 16.7. The number of nitrogens with zero attached hydrogens (tertiary/aromatic N) is 1. The van der Waals surface area contributed by atoms with E-state index in [9.17, 15) is 0 Å². The molecule has 1 aromatic heterocycles. The third-order valence-corrected chi connectivity index (χ3v) is 3.23. The van der Waals surface area contributed by atoms with Crippen molar-refractivity contribution in [1.29, 1.82) is 0 Å². The molecule has 0 bridgehead atoms. The Balaban J connectivity index is 2.24. The predicted octanol–water partition coefficient (Wildman–Crippen LogP) is 2.68. The monoisotopic (exact) mass is 207 g/mol. The molecule has 1 aliphatic heterocycles. The van der Waals surface area contributed by atoms with E-state index in [1.807, 2.05) is 39.8 Å². The fraction of sp³-hybridized carbons (Fsp3) is 0.583. The van der Waals surface area contributed by atoms with Crippen LogP contribution in [0.3, 0.4) is 0 Å². The lowest BCUT2D eigenvalue weighted by Crippen LogP contribution is -2.41. The van der Waals surface area contributed by atoms with Crippen LogP contribution in [0.5, 0.6) is 0 Å². The third kappa shape index (κ3) is 1.77. The highest BCUT2D eigenvalue weighted by molar-refractivity contribution is 5.14. The number of pyridine rings is 1. The van der Waals surface area contributed by atoms with E-state index in [0.717, 1.165) is 5.56 Å². The van der Waals surface area contributed by atoms with Gasteiger partial charge in [-0.25, -0.2) is 0 Å². The Morgan fingerprint density at radius 3 is 1.93 bits per heavy atom. The zero-order valence-corrected chi connectivity index (χ0v) is 9.65. The molecule has 1 saturated heterocycles. The largest absolute Gasteiger partial charge is 0.339 e. The average molecular weight is 207 g/mol. The Labute approximate surface area is 90.4 Å². The van der Waals surface area contributed by atoms with Gasteiger partial charge < -0.3 is 9.47 Å². The number of hydrogen-bond donors (Lipinski definition) is 0. The van der Waals surface area contributed by atoms with Gasteiger partial charge in [0.1, 0.15) is 0 Å². The Morgan fingerprint density at radius 2 is 1.47 bits per heavy atom. The van der Waals surface area contributed by atoms with Crippen molar-refractivity contribution in [3.8, 4) is 0 Å². The van der Waals surface area contributed by atoms with Gasteiger partial charge in [0.05, 0.1) is 11.2 Å². The summed E-state index contributed by atoms with van der Waals surface area (Å²) in [5.41, 5.74) is 0.464. The van der Waals surface area contributed by atoms with Crippen LogP contribution < -0.4 is 0 Å². The van der Waals surface area contributed by atoms with Crippen LogP contribution >= 0.6 is 0 Å². The molecular weight excluding hydrogens is 190 g/mol. The molecule has 3 nitrogen and oxygen atoms in total. The van der Waals surface area contributed by atoms with E-state index < -0.39 is 0 Å². The van der Waals surface area contributed by atoms with E-state index in [1.54, 1.807) is 12.4 Å². The van der Waals surface area contributed by atoms with E-state index in [0.29, 0.717) is 0 Å². The first-order chi connectivity index (χ1) is 6.92. The second-order valence-corrected chi connectivity index (χ2v) is 4.87. The molecule has 0 saturated carbocycles. The second-order valence-electron chi connectivity index (χ2n) is 4.87. The first-order valence-electron chi connectivity index (χ1n) is 5.18. The maximum Gasteiger partial charge on any atom is 0.185 e. The van der Waals surface area contributed by atoms with E-state index in [-0.39, 0.29) is 17.5 Å². The van der Waals surface area contributed by atoms with Gasteiger partial charge >= 0.3 is 0 Å². The highest BCUT2D eigenvalue weighted by Crippen LogP contribution is 2.44. The van der Waals surface area contributed by atoms with Crippen molar-refractivity contribution < 1.29 is 9.47 Å². The van der Waals surface area contributed by atoms with Crippen LogP contribution in [-0.4, -0.2) is 16.2 Å². The van der Waals surface area contributed by atoms with Crippen LogP contribution in [0.25, 0.3) is 0 Å². The van der Waals surface area contributed by atoms with Crippen LogP contribution in [0.4, 0.5) is 0 Å². The quantitative estimate of drug-likeness (QED) is 0.709.